The van der Waals surface area contributed by atoms with Crippen LogP contribution in [0.25, 0.3) is 0 Å². The van der Waals surface area contributed by atoms with Gasteiger partial charge in [0.25, 0.3) is 0 Å². The Bertz CT molecular complexity index is 553. The van der Waals surface area contributed by atoms with Crippen LogP contribution in [0, 0.1) is 5.92 Å². The molecule has 0 bridgehead atoms. The molecule has 0 aliphatic carbocycles. The fourth-order valence-corrected chi connectivity index (χ4v) is 4.14. The molecule has 2 rings (SSSR count). The molecule has 120 valence electrons. The number of nitrogens with zero attached hydrogens (tertiary/aromatic N) is 3. The summed E-state index contributed by atoms with van der Waals surface area (Å²) in [5.74, 6) is 0.429. The third-order valence-electron chi connectivity index (χ3n) is 3.76. The number of hydrogen-bond donors (Lipinski definition) is 1. The van der Waals surface area contributed by atoms with Crippen molar-refractivity contribution in [2.45, 2.75) is 51.1 Å². The second-order valence-corrected chi connectivity index (χ2v) is 8.10. The van der Waals surface area contributed by atoms with Crippen molar-refractivity contribution < 1.29 is 8.42 Å². The molecule has 1 unspecified atom stereocenters. The van der Waals surface area contributed by atoms with Crippen LogP contribution in [0.15, 0.2) is 17.3 Å². The Labute approximate surface area is 127 Å². The van der Waals surface area contributed by atoms with E-state index in [1.54, 1.807) is 15.2 Å². The van der Waals surface area contributed by atoms with Gasteiger partial charge < -0.3 is 5.32 Å². The molecule has 1 saturated heterocycles. The highest BCUT2D eigenvalue weighted by atomic mass is 32.2. The third kappa shape index (κ3) is 4.28. The van der Waals surface area contributed by atoms with Crippen molar-refractivity contribution in [1.29, 1.82) is 0 Å². The van der Waals surface area contributed by atoms with Gasteiger partial charge in [0.05, 0.1) is 12.7 Å². The third-order valence-corrected chi connectivity index (χ3v) is 5.58. The minimum atomic E-state index is -3.39. The lowest BCUT2D eigenvalue weighted by Crippen LogP contribution is -2.38. The number of hydrogen-bond acceptors (Lipinski definition) is 4. The Hall–Kier alpha value is -0.920. The first-order valence-corrected chi connectivity index (χ1v) is 9.09. The van der Waals surface area contributed by atoms with E-state index in [0.29, 0.717) is 36.5 Å². The number of aromatic nitrogens is 2. The van der Waals surface area contributed by atoms with Gasteiger partial charge in [0, 0.05) is 31.9 Å². The average molecular weight is 314 g/mol. The van der Waals surface area contributed by atoms with Gasteiger partial charge >= 0.3 is 0 Å². The minimum absolute atomic E-state index is 0.307. The quantitative estimate of drug-likeness (QED) is 0.859. The Morgan fingerprint density at radius 1 is 1.48 bits per heavy atom. The van der Waals surface area contributed by atoms with Gasteiger partial charge in [-0.05, 0) is 18.8 Å². The molecule has 0 spiro atoms. The van der Waals surface area contributed by atoms with E-state index < -0.39 is 10.0 Å². The molecular weight excluding hydrogens is 288 g/mol. The van der Waals surface area contributed by atoms with Crippen LogP contribution in [0.4, 0.5) is 0 Å². The predicted octanol–water partition coefficient (Wildman–Crippen LogP) is 1.30. The van der Waals surface area contributed by atoms with Crippen LogP contribution >= 0.6 is 0 Å². The molecule has 2 heterocycles. The highest BCUT2D eigenvalue weighted by Gasteiger charge is 2.29. The SMILES string of the molecule is CC1CCCN(S(=O)(=O)c2cnn(CCNC(C)C)c2)C1. The molecule has 0 amide bonds. The lowest BCUT2D eigenvalue weighted by Gasteiger charge is -2.29. The van der Waals surface area contributed by atoms with Crippen LogP contribution in [-0.2, 0) is 16.6 Å². The Kier molecular flexibility index (Phi) is 5.40. The van der Waals surface area contributed by atoms with Crippen LogP contribution in [-0.4, -0.2) is 48.2 Å². The van der Waals surface area contributed by atoms with E-state index >= 15 is 0 Å². The van der Waals surface area contributed by atoms with E-state index in [9.17, 15) is 8.42 Å². The molecular formula is C14H26N4O2S. The van der Waals surface area contributed by atoms with Crippen molar-refractivity contribution in [2.24, 2.45) is 5.92 Å². The molecule has 1 N–H and O–H groups in total. The summed E-state index contributed by atoms with van der Waals surface area (Å²) >= 11 is 0. The molecule has 0 aromatic carbocycles. The van der Waals surface area contributed by atoms with E-state index in [2.05, 4.69) is 31.2 Å². The van der Waals surface area contributed by atoms with Gasteiger partial charge in [0.1, 0.15) is 4.90 Å². The van der Waals surface area contributed by atoms with E-state index in [-0.39, 0.29) is 0 Å². The standard InChI is InChI=1S/C14H26N4O2S/c1-12(2)15-6-8-17-11-14(9-16-17)21(19,20)18-7-4-5-13(3)10-18/h9,11-13,15H,4-8,10H2,1-3H3. The largest absolute Gasteiger partial charge is 0.313 e. The molecule has 0 radical (unpaired) electrons. The van der Waals surface area contributed by atoms with Crippen LogP contribution in [0.2, 0.25) is 0 Å². The number of nitrogens with one attached hydrogen (secondary N) is 1. The number of sulfonamides is 1. The molecule has 1 aliphatic heterocycles. The van der Waals surface area contributed by atoms with Crippen LogP contribution in [0.5, 0.6) is 0 Å². The Balaban J connectivity index is 2.02. The summed E-state index contributed by atoms with van der Waals surface area (Å²) in [6, 6.07) is 0.415. The highest BCUT2D eigenvalue weighted by Crippen LogP contribution is 2.22. The zero-order valence-electron chi connectivity index (χ0n) is 13.1. The van der Waals surface area contributed by atoms with Gasteiger partial charge in [0.15, 0.2) is 0 Å². The van der Waals surface area contributed by atoms with Crippen molar-refractivity contribution in [2.75, 3.05) is 19.6 Å². The van der Waals surface area contributed by atoms with Gasteiger partial charge in [-0.3, -0.25) is 4.68 Å². The molecule has 7 heteroatoms. The van der Waals surface area contributed by atoms with Crippen LogP contribution in [0.3, 0.4) is 0 Å². The second-order valence-electron chi connectivity index (χ2n) is 6.16. The summed E-state index contributed by atoms with van der Waals surface area (Å²) in [6.07, 6.45) is 5.14. The van der Waals surface area contributed by atoms with Gasteiger partial charge in [-0.25, -0.2) is 8.42 Å². The monoisotopic (exact) mass is 314 g/mol. The topological polar surface area (TPSA) is 67.2 Å². The molecule has 1 aromatic heterocycles. The van der Waals surface area contributed by atoms with Crippen molar-refractivity contribution in [3.05, 3.63) is 12.4 Å². The summed E-state index contributed by atoms with van der Waals surface area (Å²) in [6.45, 7) is 8.94. The zero-order chi connectivity index (χ0) is 15.5. The minimum Gasteiger partial charge on any atom is -0.313 e. The van der Waals surface area contributed by atoms with Gasteiger partial charge in [-0.2, -0.15) is 9.40 Å². The summed E-state index contributed by atoms with van der Waals surface area (Å²) < 4.78 is 28.5. The second kappa shape index (κ2) is 6.89. The molecule has 1 atom stereocenters. The maximum Gasteiger partial charge on any atom is 0.246 e. The molecule has 21 heavy (non-hydrogen) atoms. The molecule has 6 nitrogen and oxygen atoms in total. The summed E-state index contributed by atoms with van der Waals surface area (Å²) in [5, 5.41) is 7.45. The Morgan fingerprint density at radius 3 is 2.90 bits per heavy atom. The highest BCUT2D eigenvalue weighted by molar-refractivity contribution is 7.89. The first-order chi connectivity index (χ1) is 9.89. The van der Waals surface area contributed by atoms with Crippen LogP contribution < -0.4 is 5.32 Å². The van der Waals surface area contributed by atoms with Crippen molar-refractivity contribution in [3.8, 4) is 0 Å². The lowest BCUT2D eigenvalue weighted by molar-refractivity contribution is 0.281. The average Bonchev–Trinajstić information content (AvgIpc) is 2.88. The maximum absolute atomic E-state index is 12.6. The van der Waals surface area contributed by atoms with E-state index in [1.165, 1.54) is 6.20 Å². The zero-order valence-corrected chi connectivity index (χ0v) is 13.9. The first-order valence-electron chi connectivity index (χ1n) is 7.65. The fourth-order valence-electron chi connectivity index (χ4n) is 2.58. The smallest absolute Gasteiger partial charge is 0.246 e. The van der Waals surface area contributed by atoms with Crippen molar-refractivity contribution in [3.63, 3.8) is 0 Å². The van der Waals surface area contributed by atoms with E-state index in [4.69, 9.17) is 0 Å². The van der Waals surface area contributed by atoms with E-state index in [1.807, 2.05) is 0 Å². The Morgan fingerprint density at radius 2 is 2.24 bits per heavy atom. The van der Waals surface area contributed by atoms with E-state index in [0.717, 1.165) is 19.4 Å². The first kappa shape index (κ1) is 16.5. The fraction of sp³-hybridized carbons (Fsp3) is 0.786. The molecule has 1 fully saturated rings. The normalized spacial score (nSPS) is 21.0. The summed E-state index contributed by atoms with van der Waals surface area (Å²) in [5.41, 5.74) is 0. The summed E-state index contributed by atoms with van der Waals surface area (Å²) in [4.78, 5) is 0.307. The number of piperidine rings is 1. The van der Waals surface area contributed by atoms with Crippen molar-refractivity contribution >= 4 is 10.0 Å². The maximum atomic E-state index is 12.6. The number of rotatable bonds is 6. The molecule has 0 saturated carbocycles. The van der Waals surface area contributed by atoms with Crippen LogP contribution in [0.1, 0.15) is 33.6 Å². The lowest BCUT2D eigenvalue weighted by atomic mass is 10.0. The van der Waals surface area contributed by atoms with Gasteiger partial charge in [-0.15, -0.1) is 0 Å². The summed E-state index contributed by atoms with van der Waals surface area (Å²) in [7, 11) is -3.39. The van der Waals surface area contributed by atoms with Gasteiger partial charge in [-0.1, -0.05) is 20.8 Å². The molecule has 1 aromatic rings. The predicted molar refractivity (Wildman–Crippen MR) is 82.5 cm³/mol. The van der Waals surface area contributed by atoms with Gasteiger partial charge in [0.2, 0.25) is 10.0 Å². The molecule has 1 aliphatic rings. The van der Waals surface area contributed by atoms with Crippen molar-refractivity contribution in [1.82, 2.24) is 19.4 Å².